The lowest BCUT2D eigenvalue weighted by Crippen LogP contribution is -2.42. The van der Waals surface area contributed by atoms with E-state index in [2.05, 4.69) is 25.6 Å². The first-order valence-corrected chi connectivity index (χ1v) is 9.63. The number of nitrogens with zero attached hydrogens (tertiary/aromatic N) is 4. The number of carbonyl (C=O) groups is 3. The standard InChI is InChI=1S/C20H19N7O5/c28-17(26-32)12-8-22-19(23-9-12)24-13-7-15(27(10-13)20(30)31)18(29)25-14-5-1-3-11-4-2-6-21-16(11)14/h1-6,8-9,13,15,32H,7,10H2,(H,25,29)(H,26,28)(H,30,31)(H,22,23,24). The number of fused-ring (bicyclic) bond motifs is 1. The molecule has 0 saturated carbocycles. The minimum absolute atomic E-state index is 0.0451. The molecule has 12 nitrogen and oxygen atoms in total. The fourth-order valence-corrected chi connectivity index (χ4v) is 3.59. The third kappa shape index (κ3) is 4.25. The van der Waals surface area contributed by atoms with Gasteiger partial charge in [-0.3, -0.25) is 24.7 Å². The van der Waals surface area contributed by atoms with Gasteiger partial charge in [0.15, 0.2) is 0 Å². The Bertz CT molecular complexity index is 1170. The number of hydrogen-bond acceptors (Lipinski definition) is 8. The number of anilines is 2. The van der Waals surface area contributed by atoms with Crippen LogP contribution in [0.5, 0.6) is 0 Å². The van der Waals surface area contributed by atoms with Crippen molar-refractivity contribution in [1.29, 1.82) is 0 Å². The fraction of sp³-hybridized carbons (Fsp3) is 0.200. The Hall–Kier alpha value is -4.32. The topological polar surface area (TPSA) is 170 Å². The predicted octanol–water partition coefficient (Wildman–Crippen LogP) is 1.32. The Morgan fingerprint density at radius 3 is 2.53 bits per heavy atom. The molecule has 3 aromatic rings. The van der Waals surface area contributed by atoms with Gasteiger partial charge in [0, 0.05) is 36.6 Å². The fourth-order valence-electron chi connectivity index (χ4n) is 3.59. The van der Waals surface area contributed by atoms with Crippen LogP contribution in [0.3, 0.4) is 0 Å². The monoisotopic (exact) mass is 437 g/mol. The van der Waals surface area contributed by atoms with E-state index in [1.165, 1.54) is 17.9 Å². The lowest BCUT2D eigenvalue weighted by Gasteiger charge is -2.20. The van der Waals surface area contributed by atoms with Crippen LogP contribution in [-0.2, 0) is 4.79 Å². The number of aromatic nitrogens is 3. The summed E-state index contributed by atoms with van der Waals surface area (Å²) in [6, 6.07) is 7.66. The molecule has 0 radical (unpaired) electrons. The van der Waals surface area contributed by atoms with Gasteiger partial charge in [-0.25, -0.2) is 20.2 Å². The van der Waals surface area contributed by atoms with Gasteiger partial charge < -0.3 is 15.7 Å². The number of hydroxylamine groups is 1. The van der Waals surface area contributed by atoms with Crippen molar-refractivity contribution in [2.24, 2.45) is 0 Å². The molecule has 1 saturated heterocycles. The van der Waals surface area contributed by atoms with E-state index in [9.17, 15) is 19.5 Å². The average Bonchev–Trinajstić information content (AvgIpc) is 3.24. The quantitative estimate of drug-likeness (QED) is 0.292. The summed E-state index contributed by atoms with van der Waals surface area (Å²) in [5, 5.41) is 24.8. The van der Waals surface area contributed by atoms with Crippen molar-refractivity contribution in [3.8, 4) is 0 Å². The molecule has 1 aliphatic heterocycles. The highest BCUT2D eigenvalue weighted by molar-refractivity contribution is 6.03. The Kier molecular flexibility index (Phi) is 5.77. The molecule has 1 aliphatic rings. The molecule has 5 N–H and O–H groups in total. The summed E-state index contributed by atoms with van der Waals surface area (Å²) in [5.74, 6) is -1.06. The minimum Gasteiger partial charge on any atom is -0.465 e. The zero-order valence-electron chi connectivity index (χ0n) is 16.6. The van der Waals surface area contributed by atoms with Crippen LogP contribution < -0.4 is 16.1 Å². The number of likely N-dealkylation sites (tertiary alicyclic amines) is 1. The Morgan fingerprint density at radius 1 is 1.06 bits per heavy atom. The van der Waals surface area contributed by atoms with Gasteiger partial charge in [0.05, 0.1) is 16.8 Å². The molecular formula is C20H19N7O5. The summed E-state index contributed by atoms with van der Waals surface area (Å²) in [5.41, 5.74) is 2.64. The number of benzene rings is 1. The van der Waals surface area contributed by atoms with E-state index < -0.39 is 30.0 Å². The highest BCUT2D eigenvalue weighted by Gasteiger charge is 2.40. The number of amides is 3. The van der Waals surface area contributed by atoms with Gasteiger partial charge in [-0.05, 0) is 18.6 Å². The molecule has 2 atom stereocenters. The molecule has 12 heteroatoms. The number of carboxylic acid groups (broad SMARTS) is 1. The molecule has 1 aromatic carbocycles. The van der Waals surface area contributed by atoms with E-state index in [4.69, 9.17) is 5.21 Å². The van der Waals surface area contributed by atoms with E-state index >= 15 is 0 Å². The van der Waals surface area contributed by atoms with Crippen molar-refractivity contribution in [2.75, 3.05) is 17.2 Å². The maximum Gasteiger partial charge on any atom is 0.408 e. The second-order valence-electron chi connectivity index (χ2n) is 7.13. The Morgan fingerprint density at radius 2 is 1.81 bits per heavy atom. The van der Waals surface area contributed by atoms with Crippen molar-refractivity contribution in [3.05, 3.63) is 54.5 Å². The van der Waals surface area contributed by atoms with Crippen LogP contribution in [0.4, 0.5) is 16.4 Å². The van der Waals surface area contributed by atoms with Crippen LogP contribution >= 0.6 is 0 Å². The summed E-state index contributed by atoms with van der Waals surface area (Å²) in [6.45, 7) is 0.0451. The van der Waals surface area contributed by atoms with E-state index in [-0.39, 0.29) is 24.5 Å². The van der Waals surface area contributed by atoms with Gasteiger partial charge in [0.2, 0.25) is 11.9 Å². The van der Waals surface area contributed by atoms with Gasteiger partial charge in [0.1, 0.15) is 6.04 Å². The molecular weight excluding hydrogens is 418 g/mol. The lowest BCUT2D eigenvalue weighted by atomic mass is 10.1. The third-order valence-corrected chi connectivity index (χ3v) is 5.09. The molecule has 0 aliphatic carbocycles. The smallest absolute Gasteiger partial charge is 0.408 e. The molecule has 3 heterocycles. The highest BCUT2D eigenvalue weighted by Crippen LogP contribution is 2.25. The molecule has 0 bridgehead atoms. The summed E-state index contributed by atoms with van der Waals surface area (Å²) < 4.78 is 0. The van der Waals surface area contributed by atoms with Crippen LogP contribution in [0.1, 0.15) is 16.8 Å². The van der Waals surface area contributed by atoms with Crippen molar-refractivity contribution in [3.63, 3.8) is 0 Å². The van der Waals surface area contributed by atoms with Crippen molar-refractivity contribution in [1.82, 2.24) is 25.3 Å². The van der Waals surface area contributed by atoms with Crippen LogP contribution in [-0.4, -0.2) is 66.7 Å². The summed E-state index contributed by atoms with van der Waals surface area (Å²) in [6.07, 6.45) is 3.01. The van der Waals surface area contributed by atoms with Gasteiger partial charge >= 0.3 is 6.09 Å². The van der Waals surface area contributed by atoms with Crippen LogP contribution in [0.25, 0.3) is 10.9 Å². The van der Waals surface area contributed by atoms with Crippen molar-refractivity contribution in [2.45, 2.75) is 18.5 Å². The molecule has 4 rings (SSSR count). The largest absolute Gasteiger partial charge is 0.465 e. The van der Waals surface area contributed by atoms with Gasteiger partial charge in [0.25, 0.3) is 5.91 Å². The third-order valence-electron chi connectivity index (χ3n) is 5.09. The van der Waals surface area contributed by atoms with Crippen LogP contribution in [0.2, 0.25) is 0 Å². The van der Waals surface area contributed by atoms with Crippen LogP contribution in [0, 0.1) is 0 Å². The molecule has 3 amide bonds. The minimum atomic E-state index is -1.22. The number of hydrogen-bond donors (Lipinski definition) is 5. The predicted molar refractivity (Wildman–Crippen MR) is 112 cm³/mol. The van der Waals surface area contributed by atoms with E-state index in [0.29, 0.717) is 11.2 Å². The first kappa shape index (κ1) is 20.9. The number of nitrogens with one attached hydrogen (secondary N) is 3. The Labute approximate surface area is 181 Å². The first-order chi connectivity index (χ1) is 15.5. The van der Waals surface area contributed by atoms with Gasteiger partial charge in [-0.15, -0.1) is 0 Å². The SMILES string of the molecule is O=C(NO)c1cnc(NC2CC(C(=O)Nc3cccc4cccnc34)N(C(=O)O)C2)nc1. The second kappa shape index (κ2) is 8.81. The van der Waals surface area contributed by atoms with Gasteiger partial charge in [-0.2, -0.15) is 0 Å². The normalized spacial score (nSPS) is 17.7. The molecule has 32 heavy (non-hydrogen) atoms. The van der Waals surface area contributed by atoms with E-state index in [0.717, 1.165) is 10.3 Å². The zero-order valence-corrected chi connectivity index (χ0v) is 16.6. The summed E-state index contributed by atoms with van der Waals surface area (Å²) in [4.78, 5) is 49.4. The maximum absolute atomic E-state index is 13.0. The van der Waals surface area contributed by atoms with Crippen molar-refractivity contribution < 1.29 is 24.7 Å². The number of para-hydroxylation sites is 1. The molecule has 2 aromatic heterocycles. The van der Waals surface area contributed by atoms with Gasteiger partial charge in [-0.1, -0.05) is 18.2 Å². The Balaban J connectivity index is 1.48. The molecule has 164 valence electrons. The lowest BCUT2D eigenvalue weighted by molar-refractivity contribution is -0.119. The van der Waals surface area contributed by atoms with Crippen molar-refractivity contribution >= 4 is 40.4 Å². The number of pyridine rings is 1. The van der Waals surface area contributed by atoms with E-state index in [1.54, 1.807) is 24.4 Å². The highest BCUT2D eigenvalue weighted by atomic mass is 16.5. The number of carbonyl (C=O) groups excluding carboxylic acids is 2. The van der Waals surface area contributed by atoms with Crippen LogP contribution in [0.15, 0.2) is 48.9 Å². The molecule has 0 spiro atoms. The molecule has 2 unspecified atom stereocenters. The summed E-state index contributed by atoms with van der Waals surface area (Å²) >= 11 is 0. The zero-order chi connectivity index (χ0) is 22.7. The van der Waals surface area contributed by atoms with E-state index in [1.807, 2.05) is 12.1 Å². The molecule has 1 fully saturated rings. The number of rotatable bonds is 5. The average molecular weight is 437 g/mol. The second-order valence-corrected chi connectivity index (χ2v) is 7.13. The summed E-state index contributed by atoms with van der Waals surface area (Å²) in [7, 11) is 0. The maximum atomic E-state index is 13.0. The first-order valence-electron chi connectivity index (χ1n) is 9.63.